The molecule has 1 N–H and O–H groups in total. The van der Waals surface area contributed by atoms with Gasteiger partial charge in [-0.25, -0.2) is 4.79 Å². The number of fused-ring (bicyclic) bond motifs is 1. The second kappa shape index (κ2) is 3.08. The van der Waals surface area contributed by atoms with E-state index >= 15 is 0 Å². The van der Waals surface area contributed by atoms with Crippen molar-refractivity contribution in [2.45, 2.75) is 44.6 Å². The second-order valence-electron chi connectivity index (χ2n) is 4.46. The molecule has 4 nitrogen and oxygen atoms in total. The molecule has 1 saturated carbocycles. The Hall–Kier alpha value is -1.32. The summed E-state index contributed by atoms with van der Waals surface area (Å²) in [7, 11) is 0. The number of aromatic nitrogens is 2. The third kappa shape index (κ3) is 1.35. The lowest BCUT2D eigenvalue weighted by molar-refractivity contribution is 0.0681. The summed E-state index contributed by atoms with van der Waals surface area (Å²) >= 11 is 0. The molecular weight excluding hydrogens is 192 g/mol. The van der Waals surface area contributed by atoms with Crippen molar-refractivity contribution in [3.8, 4) is 0 Å². The van der Waals surface area contributed by atoms with Gasteiger partial charge < -0.3 is 5.11 Å². The minimum Gasteiger partial charge on any atom is -0.477 e. The van der Waals surface area contributed by atoms with E-state index in [2.05, 4.69) is 5.10 Å². The summed E-state index contributed by atoms with van der Waals surface area (Å²) in [6, 6.07) is 0.363. The van der Waals surface area contributed by atoms with Gasteiger partial charge in [0, 0.05) is 5.56 Å². The molecule has 1 aromatic rings. The predicted octanol–water partition coefficient (Wildman–Crippen LogP) is 1.79. The van der Waals surface area contributed by atoms with Gasteiger partial charge in [-0.05, 0) is 38.5 Å². The Kier molecular flexibility index (Phi) is 1.84. The minimum atomic E-state index is -0.808. The topological polar surface area (TPSA) is 55.1 Å². The van der Waals surface area contributed by atoms with E-state index in [1.54, 1.807) is 4.68 Å². The zero-order valence-electron chi connectivity index (χ0n) is 8.57. The molecule has 4 heteroatoms. The molecule has 80 valence electrons. The Balaban J connectivity index is 2.13. The number of rotatable bonds is 2. The van der Waals surface area contributed by atoms with Gasteiger partial charge in [0.1, 0.15) is 5.69 Å². The third-order valence-electron chi connectivity index (χ3n) is 3.28. The van der Waals surface area contributed by atoms with Crippen molar-refractivity contribution in [3.63, 3.8) is 0 Å². The number of carboxylic acids is 1. The number of carbonyl (C=O) groups is 1. The van der Waals surface area contributed by atoms with Crippen molar-refractivity contribution in [2.24, 2.45) is 0 Å². The van der Waals surface area contributed by atoms with E-state index in [-0.39, 0.29) is 0 Å². The van der Waals surface area contributed by atoms with Gasteiger partial charge in [0.15, 0.2) is 0 Å². The highest BCUT2D eigenvalue weighted by Gasteiger charge is 2.33. The normalized spacial score (nSPS) is 20.0. The molecule has 1 aromatic heterocycles. The third-order valence-corrected chi connectivity index (χ3v) is 3.28. The Morgan fingerprint density at radius 3 is 2.73 bits per heavy atom. The van der Waals surface area contributed by atoms with Crippen molar-refractivity contribution in [1.82, 2.24) is 9.78 Å². The van der Waals surface area contributed by atoms with Crippen molar-refractivity contribution in [1.29, 1.82) is 0 Å². The van der Waals surface area contributed by atoms with Gasteiger partial charge >= 0.3 is 5.97 Å². The van der Waals surface area contributed by atoms with Crippen LogP contribution in [0.25, 0.3) is 0 Å². The molecule has 0 unspecified atom stereocenters. The summed E-state index contributed by atoms with van der Waals surface area (Å²) in [5.74, 6) is -0.808. The first-order valence-corrected chi connectivity index (χ1v) is 5.61. The van der Waals surface area contributed by atoms with Crippen LogP contribution in [0.1, 0.15) is 53.5 Å². The molecule has 2 aliphatic carbocycles. The summed E-state index contributed by atoms with van der Waals surface area (Å²) in [5.41, 5.74) is 2.50. The number of carboxylic acid groups (broad SMARTS) is 1. The van der Waals surface area contributed by atoms with Crippen molar-refractivity contribution >= 4 is 5.97 Å². The van der Waals surface area contributed by atoms with Gasteiger partial charge in [0.25, 0.3) is 0 Å². The molecule has 15 heavy (non-hydrogen) atoms. The zero-order chi connectivity index (χ0) is 10.4. The molecular formula is C11H14N2O2. The number of aromatic carboxylic acids is 1. The van der Waals surface area contributed by atoms with E-state index in [1.165, 1.54) is 0 Å². The average Bonchev–Trinajstić information content (AvgIpc) is 2.98. The van der Waals surface area contributed by atoms with Crippen molar-refractivity contribution in [3.05, 3.63) is 17.0 Å². The fraction of sp³-hybridized carbons (Fsp3) is 0.636. The van der Waals surface area contributed by atoms with Crippen LogP contribution in [0.15, 0.2) is 0 Å². The Bertz CT molecular complexity index is 418. The maximum absolute atomic E-state index is 11.2. The first-order chi connectivity index (χ1) is 7.27. The predicted molar refractivity (Wildman–Crippen MR) is 54.1 cm³/mol. The van der Waals surface area contributed by atoms with Crippen LogP contribution in [0, 0.1) is 0 Å². The SMILES string of the molecule is O=C(O)c1c2c(nn1C1CC1)CCCC2. The van der Waals surface area contributed by atoms with Crippen LogP contribution < -0.4 is 0 Å². The molecule has 0 aromatic carbocycles. The number of hydrogen-bond donors (Lipinski definition) is 1. The number of hydrogen-bond acceptors (Lipinski definition) is 2. The highest BCUT2D eigenvalue weighted by Crippen LogP contribution is 2.37. The van der Waals surface area contributed by atoms with Crippen LogP contribution in [-0.4, -0.2) is 20.9 Å². The van der Waals surface area contributed by atoms with E-state index in [1.807, 2.05) is 0 Å². The first kappa shape index (κ1) is 8.95. The van der Waals surface area contributed by atoms with E-state index in [0.29, 0.717) is 11.7 Å². The van der Waals surface area contributed by atoms with Gasteiger partial charge in [0.2, 0.25) is 0 Å². The van der Waals surface area contributed by atoms with Gasteiger partial charge in [-0.3, -0.25) is 4.68 Å². The quantitative estimate of drug-likeness (QED) is 0.802. The monoisotopic (exact) mass is 206 g/mol. The molecule has 0 spiro atoms. The van der Waals surface area contributed by atoms with Crippen LogP contribution in [0.2, 0.25) is 0 Å². The molecule has 1 fully saturated rings. The zero-order valence-corrected chi connectivity index (χ0v) is 8.57. The van der Waals surface area contributed by atoms with E-state index in [4.69, 9.17) is 0 Å². The average molecular weight is 206 g/mol. The molecule has 1 heterocycles. The van der Waals surface area contributed by atoms with Crippen molar-refractivity contribution < 1.29 is 9.90 Å². The summed E-state index contributed by atoms with van der Waals surface area (Å²) in [4.78, 5) is 11.2. The van der Waals surface area contributed by atoms with Crippen LogP contribution in [-0.2, 0) is 12.8 Å². The second-order valence-corrected chi connectivity index (χ2v) is 4.46. The number of nitrogens with zero attached hydrogens (tertiary/aromatic N) is 2. The Labute approximate surface area is 87.9 Å². The van der Waals surface area contributed by atoms with Crippen LogP contribution in [0.4, 0.5) is 0 Å². The van der Waals surface area contributed by atoms with Gasteiger partial charge in [-0.2, -0.15) is 5.10 Å². The lowest BCUT2D eigenvalue weighted by Gasteiger charge is -2.09. The summed E-state index contributed by atoms with van der Waals surface area (Å²) in [6.07, 6.45) is 6.26. The van der Waals surface area contributed by atoms with Gasteiger partial charge in [-0.1, -0.05) is 0 Å². The largest absolute Gasteiger partial charge is 0.477 e. The highest BCUT2D eigenvalue weighted by atomic mass is 16.4. The van der Waals surface area contributed by atoms with E-state index in [9.17, 15) is 9.90 Å². The van der Waals surface area contributed by atoms with Crippen molar-refractivity contribution in [2.75, 3.05) is 0 Å². The van der Waals surface area contributed by atoms with E-state index < -0.39 is 5.97 Å². The molecule has 0 amide bonds. The fourth-order valence-corrected chi connectivity index (χ4v) is 2.38. The fourth-order valence-electron chi connectivity index (χ4n) is 2.38. The molecule has 0 radical (unpaired) electrons. The maximum Gasteiger partial charge on any atom is 0.354 e. The van der Waals surface area contributed by atoms with Crippen LogP contribution in [0.5, 0.6) is 0 Å². The summed E-state index contributed by atoms with van der Waals surface area (Å²) in [6.45, 7) is 0. The molecule has 0 aliphatic heterocycles. The molecule has 0 atom stereocenters. The highest BCUT2D eigenvalue weighted by molar-refractivity contribution is 5.88. The lowest BCUT2D eigenvalue weighted by Crippen LogP contribution is -2.11. The molecule has 0 bridgehead atoms. The van der Waals surface area contributed by atoms with E-state index in [0.717, 1.165) is 49.8 Å². The standard InChI is InChI=1S/C11H14N2O2/c14-11(15)10-8-3-1-2-4-9(8)12-13(10)7-5-6-7/h7H,1-6H2,(H,14,15). The Morgan fingerprint density at radius 2 is 2.07 bits per heavy atom. The molecule has 0 saturated heterocycles. The van der Waals surface area contributed by atoms with Gasteiger partial charge in [-0.15, -0.1) is 0 Å². The maximum atomic E-state index is 11.2. The Morgan fingerprint density at radius 1 is 1.33 bits per heavy atom. The first-order valence-electron chi connectivity index (χ1n) is 5.61. The molecule has 3 rings (SSSR count). The summed E-state index contributed by atoms with van der Waals surface area (Å²) in [5, 5.41) is 13.7. The lowest BCUT2D eigenvalue weighted by atomic mass is 9.96. The van der Waals surface area contributed by atoms with Gasteiger partial charge in [0.05, 0.1) is 11.7 Å². The number of aryl methyl sites for hydroxylation is 1. The van der Waals surface area contributed by atoms with Crippen LogP contribution >= 0.6 is 0 Å². The summed E-state index contributed by atoms with van der Waals surface area (Å²) < 4.78 is 1.76. The molecule has 2 aliphatic rings. The minimum absolute atomic E-state index is 0.363. The smallest absolute Gasteiger partial charge is 0.354 e. The van der Waals surface area contributed by atoms with Crippen LogP contribution in [0.3, 0.4) is 0 Å².